The van der Waals surface area contributed by atoms with Gasteiger partial charge in [-0.15, -0.1) is 0 Å². The Morgan fingerprint density at radius 3 is 1.62 bits per heavy atom. The van der Waals surface area contributed by atoms with E-state index in [4.69, 9.17) is 47.4 Å². The largest absolute Gasteiger partial charge is 0.508 e. The maximum atomic E-state index is 12.6. The molecule has 72 heavy (non-hydrogen) atoms. The van der Waals surface area contributed by atoms with Crippen molar-refractivity contribution in [2.75, 3.05) is 19.8 Å². The third-order valence-corrected chi connectivity index (χ3v) is 11.4. The smallest absolute Gasteiger partial charge is 0.330 e. The van der Waals surface area contributed by atoms with Crippen molar-refractivity contribution < 1.29 is 128 Å². The summed E-state index contributed by atoms with van der Waals surface area (Å²) < 4.78 is 50.4. The molecule has 0 amide bonds. The second-order valence-electron chi connectivity index (χ2n) is 16.5. The summed E-state index contributed by atoms with van der Waals surface area (Å²) in [7, 11) is 0. The van der Waals surface area contributed by atoms with Crippen LogP contribution in [0.3, 0.4) is 0 Å². The highest BCUT2D eigenvalue weighted by molar-refractivity contribution is 5.90. The van der Waals surface area contributed by atoms with E-state index in [9.17, 15) is 85.6 Å². The zero-order valence-electron chi connectivity index (χ0n) is 36.9. The van der Waals surface area contributed by atoms with Gasteiger partial charge in [0.05, 0.1) is 12.2 Å². The summed E-state index contributed by atoms with van der Waals surface area (Å²) in [4.78, 5) is 48.2. The zero-order chi connectivity index (χ0) is 52.3. The number of esters is 2. The number of aliphatic carboxylic acids is 1. The number of hydrogen-bond acceptors (Lipinski definition) is 26. The maximum Gasteiger partial charge on any atom is 0.330 e. The van der Waals surface area contributed by atoms with Gasteiger partial charge in [-0.1, -0.05) is 12.1 Å². The standard InChI is InChI=1S/C45H48O27/c46-13-26-33(55)36(58)39(61)43(70-26)67-23-7-17(8-24(32(23)54)68-44-40(62)37(59)34(56)27(71-44)14-64-30(52)6-3-16-1-4-18(47)5-2-16)42-25(11-20-21(49)9-19(48)10-22(20)66-42)69-45-41(63)38(60)35(57)28(72-45)15-65-31(53)12-29(50)51/h1-11,26-28,33-41,43-47,49,54-63H,12-15H2,(H,50,51)/b6-3+/t26-,27-,28+,33-,34-,35+,36+,37+,38-,39-,40-,41+,43+,44+,45-/m0/s1. The molecule has 2 aromatic carbocycles. The van der Waals surface area contributed by atoms with Gasteiger partial charge >= 0.3 is 17.9 Å². The number of aliphatic hydroxyl groups excluding tert-OH is 10. The van der Waals surface area contributed by atoms with Crippen LogP contribution in [0.5, 0.6) is 34.5 Å². The van der Waals surface area contributed by atoms with Gasteiger partial charge in [0.2, 0.25) is 24.6 Å². The molecular weight excluding hydrogens is 972 g/mol. The fourth-order valence-electron chi connectivity index (χ4n) is 7.51. The monoisotopic (exact) mass is 1020 g/mol. The first-order valence-corrected chi connectivity index (χ1v) is 21.5. The van der Waals surface area contributed by atoms with Crippen LogP contribution in [0, 0.1) is 0 Å². The molecule has 0 aromatic heterocycles. The van der Waals surface area contributed by atoms with Gasteiger partial charge in [-0.25, -0.2) is 4.79 Å². The maximum absolute atomic E-state index is 12.6. The summed E-state index contributed by atoms with van der Waals surface area (Å²) in [6.07, 6.45) is -28.1. The Morgan fingerprint density at radius 2 is 1.10 bits per heavy atom. The summed E-state index contributed by atoms with van der Waals surface area (Å²) in [6.45, 7) is -2.56. The molecule has 4 aliphatic heterocycles. The lowest BCUT2D eigenvalue weighted by Crippen LogP contribution is -2.60. The predicted octanol–water partition coefficient (Wildman–Crippen LogP) is -3.65. The number of ether oxygens (including phenoxy) is 8. The van der Waals surface area contributed by atoms with Crippen molar-refractivity contribution in [2.45, 2.75) is 98.5 Å². The minimum absolute atomic E-state index is 0.0271. The number of phenolic OH excluding ortho intramolecular Hbond substituents is 3. The Labute approximate surface area is 403 Å². The van der Waals surface area contributed by atoms with Crippen LogP contribution in [0.15, 0.2) is 69.9 Å². The Morgan fingerprint density at radius 1 is 0.597 bits per heavy atom. The Bertz CT molecular complexity index is 2620. The molecule has 3 saturated heterocycles. The number of benzene rings is 3. The normalized spacial score (nSPS) is 30.7. The van der Waals surface area contributed by atoms with E-state index in [0.29, 0.717) is 5.56 Å². The van der Waals surface area contributed by atoms with E-state index in [-0.39, 0.29) is 22.6 Å². The highest BCUT2D eigenvalue weighted by Gasteiger charge is 2.49. The molecular formula is C45H48O27. The van der Waals surface area contributed by atoms with E-state index < -0.39 is 176 Å². The predicted molar refractivity (Wildman–Crippen MR) is 231 cm³/mol. The first-order chi connectivity index (χ1) is 34.1. The number of carbonyl (C=O) groups excluding carboxylic acids is 2. The second kappa shape index (κ2) is 22.4. The Balaban J connectivity index is 1.27. The van der Waals surface area contributed by atoms with Crippen LogP contribution in [-0.4, -0.2) is 201 Å². The van der Waals surface area contributed by atoms with E-state index in [1.165, 1.54) is 30.3 Å². The van der Waals surface area contributed by atoms with Gasteiger partial charge in [0.1, 0.15) is 110 Å². The molecule has 15 atom stereocenters. The fourth-order valence-corrected chi connectivity index (χ4v) is 7.51. The van der Waals surface area contributed by atoms with Crippen LogP contribution >= 0.6 is 0 Å². The van der Waals surface area contributed by atoms with Crippen molar-refractivity contribution in [1.82, 2.24) is 0 Å². The third kappa shape index (κ3) is 11.8. The number of aliphatic hydroxyl groups is 10. The molecule has 2 aromatic rings. The van der Waals surface area contributed by atoms with Gasteiger partial charge in [-0.2, -0.15) is 0 Å². The van der Waals surface area contributed by atoms with Crippen LogP contribution < -0.4 is 19.6 Å². The molecule has 390 valence electrons. The molecule has 4 heterocycles. The van der Waals surface area contributed by atoms with Crippen molar-refractivity contribution in [2.24, 2.45) is 0 Å². The molecule has 5 aliphatic rings. The number of phenols is 3. The number of carboxylic acids is 1. The van der Waals surface area contributed by atoms with Gasteiger partial charge < -0.3 is 114 Å². The first kappa shape index (κ1) is 53.1. The number of rotatable bonds is 16. The average molecular weight is 1020 g/mol. The highest BCUT2D eigenvalue weighted by Crippen LogP contribution is 2.48. The van der Waals surface area contributed by atoms with Crippen molar-refractivity contribution in [3.05, 3.63) is 76.5 Å². The molecule has 7 rings (SSSR count). The minimum Gasteiger partial charge on any atom is -0.508 e. The first-order valence-electron chi connectivity index (χ1n) is 21.5. The fraction of sp³-hybridized carbons (Fsp3) is 0.422. The molecule has 3 fully saturated rings. The lowest BCUT2D eigenvalue weighted by molar-refractivity contribution is -0.279. The minimum atomic E-state index is -2.15. The number of hydrogen-bond donors (Lipinski definition) is 14. The quantitative estimate of drug-likeness (QED) is 0.0292. The van der Waals surface area contributed by atoms with E-state index >= 15 is 0 Å². The van der Waals surface area contributed by atoms with Crippen molar-refractivity contribution >= 4 is 24.0 Å². The lowest BCUT2D eigenvalue weighted by Gasteiger charge is -2.40. The molecule has 0 spiro atoms. The number of carboxylic acid groups (broad SMARTS) is 1. The van der Waals surface area contributed by atoms with Crippen LogP contribution in [0.25, 0.3) is 28.7 Å². The van der Waals surface area contributed by atoms with E-state index in [2.05, 4.69) is 0 Å². The van der Waals surface area contributed by atoms with Crippen LogP contribution in [0.4, 0.5) is 0 Å². The van der Waals surface area contributed by atoms with Gasteiger partial charge in [0.25, 0.3) is 0 Å². The third-order valence-electron chi connectivity index (χ3n) is 11.4. The van der Waals surface area contributed by atoms with Gasteiger partial charge in [-0.3, -0.25) is 14.4 Å². The summed E-state index contributed by atoms with van der Waals surface area (Å²) >= 11 is 0. The lowest BCUT2D eigenvalue weighted by atomic mass is 9.99. The highest BCUT2D eigenvalue weighted by atomic mass is 16.7. The second-order valence-corrected chi connectivity index (χ2v) is 16.5. The molecule has 0 unspecified atom stereocenters. The number of aromatic hydroxyl groups is 3. The molecule has 27 heteroatoms. The summed E-state index contributed by atoms with van der Waals surface area (Å²) in [5, 5.41) is 148. The van der Waals surface area contributed by atoms with Gasteiger partial charge in [0.15, 0.2) is 28.4 Å². The summed E-state index contributed by atoms with van der Waals surface area (Å²) in [5.41, 5.74) is -0.906. The molecule has 27 nitrogen and oxygen atoms in total. The van der Waals surface area contributed by atoms with E-state index in [1.54, 1.807) is 0 Å². The summed E-state index contributed by atoms with van der Waals surface area (Å²) in [6, 6.07) is 10.3. The topological polar surface area (TPSA) is 438 Å². The average Bonchev–Trinajstić information content (AvgIpc) is 3.34. The number of fused-ring (bicyclic) bond motifs is 1. The molecule has 14 N–H and O–H groups in total. The van der Waals surface area contributed by atoms with Crippen LogP contribution in [-0.2, 0) is 38.1 Å². The molecule has 0 radical (unpaired) electrons. The van der Waals surface area contributed by atoms with Crippen LogP contribution in [0.2, 0.25) is 0 Å². The van der Waals surface area contributed by atoms with E-state index in [1.807, 2.05) is 0 Å². The van der Waals surface area contributed by atoms with Crippen LogP contribution in [0.1, 0.15) is 12.0 Å². The SMILES string of the molecule is O=C(O)CC(=O)OC[C@H]1O[C@H](Oc2cc3c(O)cc(=O)cc-3oc2-c2cc(O[C@@H]3O[C@@H](CO)[C@H](O)[C@@H](O)[C@@H]3O)c(O)c(O[C@@H]3O[C@@H](COC(=O)/C=C/c4ccc(O)cc4)[C@H](O)[C@@H](O)[C@@H]3O)c2)[C@H](O)[C@@H](O)[C@@H]1O. The van der Waals surface area contributed by atoms with Crippen molar-refractivity contribution in [1.29, 1.82) is 0 Å². The van der Waals surface area contributed by atoms with Gasteiger partial charge in [0, 0.05) is 23.8 Å². The number of carbonyl (C=O) groups is 3. The zero-order valence-corrected chi connectivity index (χ0v) is 36.9. The summed E-state index contributed by atoms with van der Waals surface area (Å²) in [5.74, 6) is -8.59. The van der Waals surface area contributed by atoms with Crippen molar-refractivity contribution in [3.8, 4) is 57.1 Å². The Hall–Kier alpha value is -6.70. The van der Waals surface area contributed by atoms with E-state index in [0.717, 1.165) is 36.4 Å². The molecule has 0 bridgehead atoms. The van der Waals surface area contributed by atoms with Gasteiger partial charge in [-0.05, 0) is 42.0 Å². The molecule has 0 saturated carbocycles. The Kier molecular flexibility index (Phi) is 16.5. The van der Waals surface area contributed by atoms with Crippen molar-refractivity contribution in [3.63, 3.8) is 0 Å². The molecule has 1 aliphatic carbocycles.